The molecule has 1 heterocycles. The summed E-state index contributed by atoms with van der Waals surface area (Å²) in [4.78, 5) is 3.83. The van der Waals surface area contributed by atoms with Crippen LogP contribution in [0.1, 0.15) is 19.4 Å². The van der Waals surface area contributed by atoms with Gasteiger partial charge < -0.3 is 16.2 Å². The minimum absolute atomic E-state index is 0.0190. The van der Waals surface area contributed by atoms with Crippen molar-refractivity contribution in [2.24, 2.45) is 10.7 Å². The average molecular weight is 304 g/mol. The van der Waals surface area contributed by atoms with Crippen molar-refractivity contribution in [1.82, 2.24) is 0 Å². The number of ether oxygens (including phenoxy) is 1. The van der Waals surface area contributed by atoms with Gasteiger partial charge in [-0.05, 0) is 19.9 Å². The first-order valence-electron chi connectivity index (χ1n) is 6.08. The molecule has 0 aliphatic carbocycles. The largest absolute Gasteiger partial charge is 0.699 e. The molecule has 2 rings (SSSR count). The summed E-state index contributed by atoms with van der Waals surface area (Å²) >= 11 is 0. The van der Waals surface area contributed by atoms with Gasteiger partial charge in [0.15, 0.2) is 0 Å². The molecule has 0 saturated carbocycles. The molecule has 1 aliphatic heterocycles. The second-order valence-electron chi connectivity index (χ2n) is 5.29. The van der Waals surface area contributed by atoms with E-state index in [9.17, 15) is 17.6 Å². The molecule has 1 aliphatic rings. The van der Waals surface area contributed by atoms with Crippen LogP contribution in [-0.2, 0) is 10.3 Å². The number of amidine groups is 1. The summed E-state index contributed by atoms with van der Waals surface area (Å²) in [6, 6.07) is 3.50. The number of nitrogens with two attached hydrogens (primary N) is 1. The summed E-state index contributed by atoms with van der Waals surface area (Å²) in [6.07, 6.45) is -4.72. The van der Waals surface area contributed by atoms with E-state index in [2.05, 4.69) is 4.99 Å². The summed E-state index contributed by atoms with van der Waals surface area (Å²) in [7, 11) is 0. The molecule has 0 amide bonds. The third-order valence-electron chi connectivity index (χ3n) is 3.59. The minimum Gasteiger partial charge on any atom is -0.699 e. The first kappa shape index (κ1) is 15.6. The van der Waals surface area contributed by atoms with E-state index < -0.39 is 35.6 Å². The number of nitrogens with one attached hydrogen (secondary N) is 1. The van der Waals surface area contributed by atoms with Crippen LogP contribution in [0, 0.1) is 5.82 Å². The normalized spacial score (nSPS) is 30.1. The Morgan fingerprint density at radius 2 is 1.95 bits per heavy atom. The number of benzene rings is 1. The molecule has 1 aromatic rings. The number of hydrogen-bond acceptors (Lipinski definition) is 3. The van der Waals surface area contributed by atoms with Crippen LogP contribution in [0.5, 0.6) is 0 Å². The van der Waals surface area contributed by atoms with Gasteiger partial charge in [-0.25, -0.2) is 4.39 Å². The first-order chi connectivity index (χ1) is 9.49. The molecular weight excluding hydrogens is 290 g/mol. The number of aliphatic imine (C=N–C) groups is 1. The third kappa shape index (κ3) is 2.44. The van der Waals surface area contributed by atoms with Crippen LogP contribution >= 0.6 is 0 Å². The van der Waals surface area contributed by atoms with Crippen molar-refractivity contribution < 1.29 is 22.3 Å². The van der Waals surface area contributed by atoms with Gasteiger partial charge in [0.2, 0.25) is 5.60 Å². The van der Waals surface area contributed by atoms with E-state index in [1.165, 1.54) is 19.1 Å². The van der Waals surface area contributed by atoms with Crippen molar-refractivity contribution in [3.63, 3.8) is 0 Å². The van der Waals surface area contributed by atoms with Crippen molar-refractivity contribution in [3.05, 3.63) is 35.3 Å². The number of hydrogen-bond donors (Lipinski definition) is 1. The molecule has 2 atom stereocenters. The van der Waals surface area contributed by atoms with Crippen LogP contribution in [-0.4, -0.2) is 24.2 Å². The fourth-order valence-electron chi connectivity index (χ4n) is 2.07. The maximum Gasteiger partial charge on any atom is 0.424 e. The fraction of sp³-hybridized carbons (Fsp3) is 0.462. The lowest BCUT2D eigenvalue weighted by Gasteiger charge is -2.41. The Balaban J connectivity index is 2.51. The Bertz CT molecular complexity index is 602. The molecule has 1 aromatic carbocycles. The quantitative estimate of drug-likeness (QED) is 0.807. The second kappa shape index (κ2) is 4.59. The number of rotatable bonds is 1. The number of alkyl halides is 3. The van der Waals surface area contributed by atoms with E-state index in [-0.39, 0.29) is 11.3 Å². The molecule has 2 unspecified atom stereocenters. The summed E-state index contributed by atoms with van der Waals surface area (Å²) in [5.41, 5.74) is 8.83. The molecule has 21 heavy (non-hydrogen) atoms. The van der Waals surface area contributed by atoms with Crippen molar-refractivity contribution in [2.75, 3.05) is 6.61 Å². The highest BCUT2D eigenvalue weighted by Crippen LogP contribution is 2.41. The zero-order valence-electron chi connectivity index (χ0n) is 11.4. The Labute approximate surface area is 118 Å². The standard InChI is InChI=1S/C13H14F4N3O/c1-11(8-5-7(18)3-4-9(8)14)6-21-12(2,10(19)20-11)13(15,16)17/h3-5,18H,6H2,1-2H3,(H2,19,20)/q-1. The summed E-state index contributed by atoms with van der Waals surface area (Å²) < 4.78 is 57.7. The Morgan fingerprint density at radius 1 is 1.33 bits per heavy atom. The van der Waals surface area contributed by atoms with Crippen molar-refractivity contribution >= 4 is 11.5 Å². The highest BCUT2D eigenvalue weighted by atomic mass is 19.4. The predicted octanol–water partition coefficient (Wildman–Crippen LogP) is 3.43. The monoisotopic (exact) mass is 304 g/mol. The number of nitrogens with zero attached hydrogens (tertiary/aromatic N) is 1. The van der Waals surface area contributed by atoms with E-state index in [1.807, 2.05) is 0 Å². The zero-order valence-corrected chi connectivity index (χ0v) is 11.4. The topological polar surface area (TPSA) is 71.4 Å². The van der Waals surface area contributed by atoms with Crippen molar-refractivity contribution in [1.29, 1.82) is 0 Å². The van der Waals surface area contributed by atoms with Crippen LogP contribution in [0.15, 0.2) is 23.2 Å². The van der Waals surface area contributed by atoms with Crippen LogP contribution in [0.3, 0.4) is 0 Å². The highest BCUT2D eigenvalue weighted by molar-refractivity contribution is 5.90. The molecule has 4 nitrogen and oxygen atoms in total. The van der Waals surface area contributed by atoms with E-state index in [1.54, 1.807) is 0 Å². The maximum atomic E-state index is 13.9. The summed E-state index contributed by atoms with van der Waals surface area (Å²) in [6.45, 7) is 1.69. The van der Waals surface area contributed by atoms with E-state index in [0.717, 1.165) is 13.0 Å². The first-order valence-corrected chi connectivity index (χ1v) is 6.08. The molecule has 0 aromatic heterocycles. The van der Waals surface area contributed by atoms with Gasteiger partial charge in [0.1, 0.15) is 17.2 Å². The van der Waals surface area contributed by atoms with Gasteiger partial charge in [-0.15, -0.1) is 5.69 Å². The maximum absolute atomic E-state index is 13.9. The molecule has 0 spiro atoms. The fourth-order valence-corrected chi connectivity index (χ4v) is 2.07. The van der Waals surface area contributed by atoms with Crippen LogP contribution < -0.4 is 5.73 Å². The Hall–Kier alpha value is -1.83. The SMILES string of the molecule is CC1(c2cc([NH-])ccc2F)COC(C)(C(F)(F)F)C(N)=N1. The van der Waals surface area contributed by atoms with E-state index in [0.29, 0.717) is 0 Å². The lowest BCUT2D eigenvalue weighted by atomic mass is 9.89. The molecule has 8 heteroatoms. The van der Waals surface area contributed by atoms with Gasteiger partial charge in [0, 0.05) is 5.56 Å². The molecule has 0 fully saturated rings. The van der Waals surface area contributed by atoms with E-state index >= 15 is 0 Å². The minimum atomic E-state index is -4.72. The van der Waals surface area contributed by atoms with Gasteiger partial charge in [-0.1, -0.05) is 12.1 Å². The average Bonchev–Trinajstić information content (AvgIpc) is 2.36. The Kier molecular flexibility index (Phi) is 3.40. The van der Waals surface area contributed by atoms with Gasteiger partial charge in [0.05, 0.1) is 6.61 Å². The van der Waals surface area contributed by atoms with E-state index in [4.69, 9.17) is 16.2 Å². The lowest BCUT2D eigenvalue weighted by molar-refractivity contribution is -0.249. The van der Waals surface area contributed by atoms with Crippen molar-refractivity contribution in [3.8, 4) is 0 Å². The molecule has 0 radical (unpaired) electrons. The van der Waals surface area contributed by atoms with Crippen LogP contribution in [0.25, 0.3) is 5.73 Å². The van der Waals surface area contributed by atoms with Crippen LogP contribution in [0.2, 0.25) is 0 Å². The third-order valence-corrected chi connectivity index (χ3v) is 3.59. The molecule has 116 valence electrons. The molecule has 3 N–H and O–H groups in total. The molecular formula is C13H14F4N3O-. The number of halogens is 4. The second-order valence-corrected chi connectivity index (χ2v) is 5.29. The van der Waals surface area contributed by atoms with Gasteiger partial charge in [-0.3, -0.25) is 4.99 Å². The molecule has 0 bridgehead atoms. The Morgan fingerprint density at radius 3 is 2.48 bits per heavy atom. The van der Waals surface area contributed by atoms with Gasteiger partial charge in [-0.2, -0.15) is 13.2 Å². The highest BCUT2D eigenvalue weighted by Gasteiger charge is 2.59. The lowest BCUT2D eigenvalue weighted by Crippen LogP contribution is -2.60. The van der Waals surface area contributed by atoms with Crippen LogP contribution in [0.4, 0.5) is 23.2 Å². The summed E-state index contributed by atoms with van der Waals surface area (Å²) in [5, 5.41) is 0. The smallest absolute Gasteiger partial charge is 0.424 e. The predicted molar refractivity (Wildman–Crippen MR) is 69.8 cm³/mol. The summed E-state index contributed by atoms with van der Waals surface area (Å²) in [5.74, 6) is -1.44. The van der Waals surface area contributed by atoms with Gasteiger partial charge >= 0.3 is 6.18 Å². The molecule has 0 saturated heterocycles. The van der Waals surface area contributed by atoms with Crippen molar-refractivity contribution in [2.45, 2.75) is 31.2 Å². The zero-order chi connectivity index (χ0) is 16.1. The van der Waals surface area contributed by atoms with Gasteiger partial charge in [0.25, 0.3) is 0 Å².